The van der Waals surface area contributed by atoms with Crippen LogP contribution in [0, 0.1) is 12.8 Å². The van der Waals surface area contributed by atoms with E-state index in [1.165, 1.54) is 0 Å². The van der Waals surface area contributed by atoms with E-state index in [0.717, 1.165) is 16.7 Å². The second-order valence-corrected chi connectivity index (χ2v) is 8.06. The topological polar surface area (TPSA) is 74.6 Å². The number of hydrogen-bond donors (Lipinski definition) is 2. The van der Waals surface area contributed by atoms with Crippen molar-refractivity contribution in [2.45, 2.75) is 6.42 Å². The largest absolute Gasteiger partial charge is 0.481 e. The van der Waals surface area contributed by atoms with Crippen LogP contribution in [0.4, 0.5) is 0 Å². The third-order valence-electron chi connectivity index (χ3n) is 3.75. The third-order valence-corrected chi connectivity index (χ3v) is 5.46. The molecule has 0 heterocycles. The van der Waals surface area contributed by atoms with Gasteiger partial charge in [-0.15, -0.1) is 0 Å². The van der Waals surface area contributed by atoms with Gasteiger partial charge >= 0.3 is 5.97 Å². The second kappa shape index (κ2) is 7.58. The lowest BCUT2D eigenvalue weighted by molar-refractivity contribution is -0.141. The first kappa shape index (κ1) is 17.5. The Morgan fingerprint density at radius 3 is 2.13 bits per heavy atom. The summed E-state index contributed by atoms with van der Waals surface area (Å²) in [7, 11) is -3.47. The molecule has 0 aliphatic heterocycles. The molecule has 2 rings (SSSR count). The number of carboxylic acid groups (broad SMARTS) is 1. The molecule has 121 valence electrons. The molecule has 0 fully saturated rings. The van der Waals surface area contributed by atoms with E-state index >= 15 is 0 Å². The van der Waals surface area contributed by atoms with Crippen molar-refractivity contribution in [3.05, 3.63) is 67.1 Å². The Bertz CT molecular complexity index is 695. The predicted molar refractivity (Wildman–Crippen MR) is 91.6 cm³/mol. The van der Waals surface area contributed by atoms with Crippen LogP contribution in [0.2, 0.25) is 0 Å². The maximum Gasteiger partial charge on any atom is 0.307 e. The monoisotopic (exact) mass is 331 g/mol. The Morgan fingerprint density at radius 2 is 1.61 bits per heavy atom. The summed E-state index contributed by atoms with van der Waals surface area (Å²) in [5, 5.41) is 9.27. The van der Waals surface area contributed by atoms with E-state index in [9.17, 15) is 19.4 Å². The van der Waals surface area contributed by atoms with Gasteiger partial charge in [-0.05, 0) is 30.0 Å². The van der Waals surface area contributed by atoms with E-state index in [1.807, 2.05) is 54.6 Å². The first-order chi connectivity index (χ1) is 10.9. The molecule has 4 nitrogen and oxygen atoms in total. The smallest absolute Gasteiger partial charge is 0.307 e. The lowest BCUT2D eigenvalue weighted by atomic mass is 9.98. The van der Waals surface area contributed by atoms with Crippen LogP contribution in [-0.2, 0) is 15.8 Å². The number of benzene rings is 2. The summed E-state index contributed by atoms with van der Waals surface area (Å²) < 4.78 is 11.8. The predicted octanol–water partition coefficient (Wildman–Crippen LogP) is 3.70. The van der Waals surface area contributed by atoms with Gasteiger partial charge in [0, 0.05) is 12.3 Å². The van der Waals surface area contributed by atoms with E-state index in [2.05, 4.69) is 6.92 Å². The average molecular weight is 331 g/mol. The van der Waals surface area contributed by atoms with Gasteiger partial charge in [0.05, 0.1) is 5.92 Å². The highest BCUT2D eigenvalue weighted by Crippen LogP contribution is 2.42. The van der Waals surface area contributed by atoms with Gasteiger partial charge in [0.15, 0.2) is 0 Å². The molecule has 2 N–H and O–H groups in total. The highest BCUT2D eigenvalue weighted by atomic mass is 31.2. The van der Waals surface area contributed by atoms with Crippen molar-refractivity contribution in [2.24, 2.45) is 5.92 Å². The molecule has 5 heteroatoms. The highest BCUT2D eigenvalue weighted by Gasteiger charge is 2.27. The van der Waals surface area contributed by atoms with Crippen LogP contribution in [0.1, 0.15) is 5.56 Å². The van der Waals surface area contributed by atoms with Gasteiger partial charge in [-0.2, -0.15) is 0 Å². The Labute approximate surface area is 136 Å². The van der Waals surface area contributed by atoms with Crippen molar-refractivity contribution in [3.63, 3.8) is 0 Å². The van der Waals surface area contributed by atoms with Crippen molar-refractivity contribution in [1.29, 1.82) is 0 Å². The highest BCUT2D eigenvalue weighted by molar-refractivity contribution is 7.58. The number of hydrogen-bond acceptors (Lipinski definition) is 2. The summed E-state index contributed by atoms with van der Waals surface area (Å²) in [5.74, 6) is -1.94. The van der Waals surface area contributed by atoms with Crippen LogP contribution in [0.3, 0.4) is 0 Å². The van der Waals surface area contributed by atoms with Crippen molar-refractivity contribution in [3.8, 4) is 11.1 Å². The van der Waals surface area contributed by atoms with E-state index in [-0.39, 0.29) is 18.7 Å². The molecule has 0 amide bonds. The summed E-state index contributed by atoms with van der Waals surface area (Å²) in [6.45, 7) is 3.42. The van der Waals surface area contributed by atoms with Crippen molar-refractivity contribution >= 4 is 13.3 Å². The molecule has 2 aromatic rings. The molecule has 23 heavy (non-hydrogen) atoms. The fourth-order valence-electron chi connectivity index (χ4n) is 2.41. The van der Waals surface area contributed by atoms with Gasteiger partial charge in [0.1, 0.15) is 0 Å². The second-order valence-electron chi connectivity index (χ2n) is 5.55. The van der Waals surface area contributed by atoms with E-state index in [1.54, 1.807) is 0 Å². The molecular formula is C18H20O4P. The Kier molecular flexibility index (Phi) is 5.75. The average Bonchev–Trinajstić information content (AvgIpc) is 2.55. The number of carboxylic acids is 1. The minimum Gasteiger partial charge on any atom is -0.481 e. The number of carbonyl (C=O) groups is 1. The summed E-state index contributed by atoms with van der Waals surface area (Å²) in [5.41, 5.74) is 2.97. The third kappa shape index (κ3) is 5.05. The molecule has 0 spiro atoms. The lowest BCUT2D eigenvalue weighted by Crippen LogP contribution is -2.21. The zero-order valence-electron chi connectivity index (χ0n) is 12.8. The normalized spacial score (nSPS) is 14.9. The summed E-state index contributed by atoms with van der Waals surface area (Å²) >= 11 is 0. The lowest BCUT2D eigenvalue weighted by Gasteiger charge is -2.16. The molecule has 0 saturated carbocycles. The van der Waals surface area contributed by atoms with E-state index in [0.29, 0.717) is 0 Å². The van der Waals surface area contributed by atoms with Crippen LogP contribution in [0.5, 0.6) is 0 Å². The van der Waals surface area contributed by atoms with Gasteiger partial charge in [0.2, 0.25) is 7.37 Å². The SMILES string of the molecule is [CH2]CP(=O)(O)CC(Cc1ccc(-c2ccccc2)cc1)C(=O)O. The van der Waals surface area contributed by atoms with Gasteiger partial charge in [-0.1, -0.05) is 54.6 Å². The molecular weight excluding hydrogens is 311 g/mol. The fraction of sp³-hybridized carbons (Fsp3) is 0.222. The van der Waals surface area contributed by atoms with Gasteiger partial charge in [-0.25, -0.2) is 0 Å². The molecule has 2 aromatic carbocycles. The Morgan fingerprint density at radius 1 is 1.04 bits per heavy atom. The quantitative estimate of drug-likeness (QED) is 0.759. The number of rotatable bonds is 7. The Balaban J connectivity index is 2.12. The molecule has 0 bridgehead atoms. The molecule has 0 aliphatic rings. The summed E-state index contributed by atoms with van der Waals surface area (Å²) in [6, 6.07) is 17.5. The minimum atomic E-state index is -3.47. The zero-order chi connectivity index (χ0) is 16.9. The van der Waals surface area contributed by atoms with E-state index in [4.69, 9.17) is 0 Å². The first-order valence-electron chi connectivity index (χ1n) is 7.38. The molecule has 0 aliphatic carbocycles. The van der Waals surface area contributed by atoms with Gasteiger partial charge in [0.25, 0.3) is 0 Å². The molecule has 0 saturated heterocycles. The van der Waals surface area contributed by atoms with Crippen molar-refractivity contribution in [2.75, 3.05) is 12.3 Å². The van der Waals surface area contributed by atoms with Crippen molar-refractivity contribution < 1.29 is 19.4 Å². The summed E-state index contributed by atoms with van der Waals surface area (Å²) in [4.78, 5) is 21.0. The molecule has 1 radical (unpaired) electrons. The molecule has 2 unspecified atom stereocenters. The standard InChI is InChI=1S/C18H20O4P/c1-2-23(21,22)13-17(18(19)20)12-14-8-10-16(11-9-14)15-6-4-3-5-7-15/h3-11,17H,1-2,12-13H2,(H,19,20)(H,21,22). The Hall–Kier alpha value is -1.90. The fourth-order valence-corrected chi connectivity index (χ4v) is 3.57. The summed E-state index contributed by atoms with van der Waals surface area (Å²) in [6.07, 6.45) is -0.162. The van der Waals surface area contributed by atoms with Crippen LogP contribution >= 0.6 is 7.37 Å². The van der Waals surface area contributed by atoms with Crippen LogP contribution in [-0.4, -0.2) is 28.3 Å². The van der Waals surface area contributed by atoms with Crippen LogP contribution < -0.4 is 0 Å². The molecule has 0 aromatic heterocycles. The van der Waals surface area contributed by atoms with Crippen LogP contribution in [0.15, 0.2) is 54.6 Å². The van der Waals surface area contributed by atoms with Gasteiger partial charge < -0.3 is 10.00 Å². The van der Waals surface area contributed by atoms with E-state index < -0.39 is 19.3 Å². The van der Waals surface area contributed by atoms with Crippen molar-refractivity contribution in [1.82, 2.24) is 0 Å². The first-order valence-corrected chi connectivity index (χ1v) is 9.41. The maximum absolute atomic E-state index is 11.8. The minimum absolute atomic E-state index is 0.149. The van der Waals surface area contributed by atoms with Gasteiger partial charge in [-0.3, -0.25) is 9.36 Å². The molecule has 2 atom stereocenters. The van der Waals surface area contributed by atoms with Crippen LogP contribution in [0.25, 0.3) is 11.1 Å². The zero-order valence-corrected chi connectivity index (χ0v) is 13.7. The number of aliphatic carboxylic acids is 1. The maximum atomic E-state index is 11.8.